The molecule has 0 aliphatic rings. The van der Waals surface area contributed by atoms with E-state index in [2.05, 4.69) is 38.7 Å². The Labute approximate surface area is 184 Å². The fraction of sp³-hybridized carbons (Fsp3) is 0.333. The Morgan fingerprint density at radius 2 is 1.94 bits per heavy atom. The molecule has 1 amide bonds. The number of hydrogen-bond donors (Lipinski definition) is 1. The highest BCUT2D eigenvalue weighted by Crippen LogP contribution is 2.36. The van der Waals surface area contributed by atoms with Gasteiger partial charge in [0.1, 0.15) is 5.69 Å². The van der Waals surface area contributed by atoms with Gasteiger partial charge in [-0.1, -0.05) is 6.92 Å². The number of nitrogens with one attached hydrogen (secondary N) is 1. The molecule has 0 unspecified atom stereocenters. The molecular weight excluding hydrogens is 416 g/mol. The zero-order chi connectivity index (χ0) is 22.4. The summed E-state index contributed by atoms with van der Waals surface area (Å²) in [5, 5.41) is 23.7. The van der Waals surface area contributed by atoms with Crippen LogP contribution in [0.15, 0.2) is 46.6 Å². The molecular formula is C21H24N6O3S. The number of non-ortho nitro benzene ring substituents is 1. The SMILES string of the molecule is CCCC(=O)Nc1cc(N(CC)CC)ccc1N=Nc1snc2ccc([N+](=O)[O-])cc12. The second kappa shape index (κ2) is 10.1. The van der Waals surface area contributed by atoms with Gasteiger partial charge in [-0.3, -0.25) is 14.9 Å². The van der Waals surface area contributed by atoms with Crippen molar-refractivity contribution in [3.05, 3.63) is 46.5 Å². The van der Waals surface area contributed by atoms with E-state index in [0.29, 0.717) is 33.7 Å². The zero-order valence-electron chi connectivity index (χ0n) is 17.7. The number of carbonyl (C=O) groups excluding carboxylic acids is 1. The van der Waals surface area contributed by atoms with Crippen molar-refractivity contribution in [1.82, 2.24) is 4.37 Å². The minimum absolute atomic E-state index is 0.0276. The van der Waals surface area contributed by atoms with Crippen molar-refractivity contribution in [2.24, 2.45) is 10.2 Å². The smallest absolute Gasteiger partial charge is 0.270 e. The van der Waals surface area contributed by atoms with Gasteiger partial charge in [-0.05, 0) is 56.1 Å². The van der Waals surface area contributed by atoms with Crippen LogP contribution in [0.4, 0.5) is 27.8 Å². The number of benzene rings is 2. The van der Waals surface area contributed by atoms with E-state index in [1.54, 1.807) is 6.07 Å². The molecule has 0 fully saturated rings. The van der Waals surface area contributed by atoms with Crippen molar-refractivity contribution in [3.63, 3.8) is 0 Å². The minimum atomic E-state index is -0.453. The Morgan fingerprint density at radius 3 is 2.61 bits per heavy atom. The van der Waals surface area contributed by atoms with Gasteiger partial charge in [0, 0.05) is 42.7 Å². The Hall–Kier alpha value is -3.40. The van der Waals surface area contributed by atoms with Gasteiger partial charge in [0.05, 0.1) is 16.1 Å². The number of nitrogens with zero attached hydrogens (tertiary/aromatic N) is 5. The summed E-state index contributed by atoms with van der Waals surface area (Å²) in [6.07, 6.45) is 1.15. The van der Waals surface area contributed by atoms with Crippen molar-refractivity contribution < 1.29 is 9.72 Å². The first-order valence-corrected chi connectivity index (χ1v) is 10.9. The monoisotopic (exact) mass is 440 g/mol. The van der Waals surface area contributed by atoms with Gasteiger partial charge < -0.3 is 10.2 Å². The molecule has 0 saturated carbocycles. The zero-order valence-corrected chi connectivity index (χ0v) is 18.5. The number of nitro benzene ring substituents is 1. The van der Waals surface area contributed by atoms with Crippen LogP contribution in [0, 0.1) is 10.1 Å². The molecule has 0 bridgehead atoms. The number of amides is 1. The van der Waals surface area contributed by atoms with E-state index in [1.807, 2.05) is 25.1 Å². The van der Waals surface area contributed by atoms with E-state index < -0.39 is 4.92 Å². The second-order valence-electron chi connectivity index (χ2n) is 6.82. The molecule has 31 heavy (non-hydrogen) atoms. The number of hydrogen-bond acceptors (Lipinski definition) is 8. The minimum Gasteiger partial charge on any atom is -0.372 e. The van der Waals surface area contributed by atoms with Crippen LogP contribution in [0.1, 0.15) is 33.6 Å². The molecule has 2 aromatic carbocycles. The molecule has 162 valence electrons. The molecule has 0 radical (unpaired) electrons. The van der Waals surface area contributed by atoms with Gasteiger partial charge in [0.2, 0.25) is 5.91 Å². The molecule has 9 nitrogen and oxygen atoms in total. The Morgan fingerprint density at radius 1 is 1.16 bits per heavy atom. The van der Waals surface area contributed by atoms with Crippen molar-refractivity contribution >= 4 is 56.1 Å². The van der Waals surface area contributed by atoms with Crippen LogP contribution in [-0.4, -0.2) is 28.3 Å². The van der Waals surface area contributed by atoms with Gasteiger partial charge in [-0.25, -0.2) is 0 Å². The molecule has 3 rings (SSSR count). The maximum Gasteiger partial charge on any atom is 0.270 e. The van der Waals surface area contributed by atoms with Crippen molar-refractivity contribution in [2.45, 2.75) is 33.6 Å². The number of rotatable bonds is 9. The third-order valence-electron chi connectivity index (χ3n) is 4.76. The van der Waals surface area contributed by atoms with Gasteiger partial charge in [-0.15, -0.1) is 10.2 Å². The fourth-order valence-corrected chi connectivity index (χ4v) is 3.82. The maximum atomic E-state index is 12.2. The van der Waals surface area contributed by atoms with E-state index in [-0.39, 0.29) is 11.6 Å². The fourth-order valence-electron chi connectivity index (χ4n) is 3.14. The summed E-state index contributed by atoms with van der Waals surface area (Å²) in [6.45, 7) is 7.76. The van der Waals surface area contributed by atoms with E-state index in [4.69, 9.17) is 0 Å². The van der Waals surface area contributed by atoms with Crippen LogP contribution in [-0.2, 0) is 4.79 Å². The Balaban J connectivity index is 1.98. The van der Waals surface area contributed by atoms with Crippen LogP contribution in [0.2, 0.25) is 0 Å². The number of azo groups is 1. The van der Waals surface area contributed by atoms with Crippen molar-refractivity contribution in [2.75, 3.05) is 23.3 Å². The molecule has 1 N–H and O–H groups in total. The number of anilines is 2. The highest BCUT2D eigenvalue weighted by molar-refractivity contribution is 7.11. The first-order valence-electron chi connectivity index (χ1n) is 10.1. The lowest BCUT2D eigenvalue weighted by Gasteiger charge is -2.22. The lowest BCUT2D eigenvalue weighted by Crippen LogP contribution is -2.22. The van der Waals surface area contributed by atoms with Crippen LogP contribution in [0.5, 0.6) is 0 Å². The number of aromatic nitrogens is 1. The molecule has 0 aliphatic heterocycles. The predicted octanol–water partition coefficient (Wildman–Crippen LogP) is 6.20. The molecule has 0 aliphatic carbocycles. The van der Waals surface area contributed by atoms with Crippen molar-refractivity contribution in [3.8, 4) is 0 Å². The average molecular weight is 441 g/mol. The standard InChI is InChI=1S/C21H24N6O3S/c1-4-7-20(28)22-19-13-14(26(5-2)6-3)8-11-18(19)23-24-21-16-12-15(27(29)30)9-10-17(16)25-31-21/h8-13H,4-7H2,1-3H3,(H,22,28). The van der Waals surface area contributed by atoms with E-state index >= 15 is 0 Å². The van der Waals surface area contributed by atoms with Gasteiger partial charge in [-0.2, -0.15) is 4.37 Å². The topological polar surface area (TPSA) is 113 Å². The number of nitro groups is 1. The summed E-state index contributed by atoms with van der Waals surface area (Å²) in [5.74, 6) is -0.0884. The molecule has 1 heterocycles. The molecule has 1 aromatic heterocycles. The Kier molecular flexibility index (Phi) is 7.24. The van der Waals surface area contributed by atoms with Crippen LogP contribution in [0.25, 0.3) is 10.9 Å². The van der Waals surface area contributed by atoms with E-state index in [0.717, 1.165) is 36.7 Å². The third kappa shape index (κ3) is 5.21. The first-order chi connectivity index (χ1) is 15.0. The lowest BCUT2D eigenvalue weighted by molar-refractivity contribution is -0.384. The maximum absolute atomic E-state index is 12.2. The molecule has 10 heteroatoms. The molecule has 0 spiro atoms. The number of fused-ring (bicyclic) bond motifs is 1. The largest absolute Gasteiger partial charge is 0.372 e. The van der Waals surface area contributed by atoms with E-state index in [9.17, 15) is 14.9 Å². The van der Waals surface area contributed by atoms with Crippen LogP contribution < -0.4 is 10.2 Å². The summed E-state index contributed by atoms with van der Waals surface area (Å²) in [5.41, 5.74) is 2.66. The first kappa shape index (κ1) is 22.3. The molecule has 0 atom stereocenters. The third-order valence-corrected chi connectivity index (χ3v) is 5.52. The van der Waals surface area contributed by atoms with Gasteiger partial charge in [0.25, 0.3) is 5.69 Å². The quantitative estimate of drug-likeness (QED) is 0.242. The summed E-state index contributed by atoms with van der Waals surface area (Å²) in [4.78, 5) is 25.0. The predicted molar refractivity (Wildman–Crippen MR) is 124 cm³/mol. The van der Waals surface area contributed by atoms with Gasteiger partial charge in [0.15, 0.2) is 5.00 Å². The van der Waals surface area contributed by atoms with E-state index in [1.165, 1.54) is 12.1 Å². The summed E-state index contributed by atoms with van der Waals surface area (Å²) in [7, 11) is 0. The summed E-state index contributed by atoms with van der Waals surface area (Å²) in [6, 6.07) is 10.1. The average Bonchev–Trinajstić information content (AvgIpc) is 3.16. The van der Waals surface area contributed by atoms with Crippen molar-refractivity contribution in [1.29, 1.82) is 0 Å². The highest BCUT2D eigenvalue weighted by atomic mass is 32.1. The number of carbonyl (C=O) groups is 1. The molecule has 3 aromatic rings. The van der Waals surface area contributed by atoms with Gasteiger partial charge >= 0.3 is 0 Å². The summed E-state index contributed by atoms with van der Waals surface area (Å²) < 4.78 is 4.27. The Bertz CT molecular complexity index is 1120. The second-order valence-corrected chi connectivity index (χ2v) is 7.57. The normalized spacial score (nSPS) is 11.2. The van der Waals surface area contributed by atoms with Crippen LogP contribution >= 0.6 is 11.5 Å². The lowest BCUT2D eigenvalue weighted by atomic mass is 10.2. The van der Waals surface area contributed by atoms with Crippen LogP contribution in [0.3, 0.4) is 0 Å². The highest BCUT2D eigenvalue weighted by Gasteiger charge is 2.13. The summed E-state index contributed by atoms with van der Waals surface area (Å²) >= 11 is 1.12. The molecule has 0 saturated heterocycles.